The molecule has 0 bridgehead atoms. The third kappa shape index (κ3) is 3.67. The van der Waals surface area contributed by atoms with Gasteiger partial charge in [-0.1, -0.05) is 58.5 Å². The molecule has 0 unspecified atom stereocenters. The molecular formula is C17H12Cl4N2. The number of nitrogens with one attached hydrogen (secondary N) is 1. The van der Waals surface area contributed by atoms with Gasteiger partial charge in [0.1, 0.15) is 5.82 Å². The Morgan fingerprint density at radius 2 is 1.52 bits per heavy atom. The maximum Gasteiger partial charge on any atom is 0.111 e. The maximum atomic E-state index is 6.09. The van der Waals surface area contributed by atoms with Crippen LogP contribution in [0.1, 0.15) is 17.1 Å². The average Bonchev–Trinajstić information content (AvgIpc) is 2.86. The Morgan fingerprint density at radius 3 is 2.17 bits per heavy atom. The number of imidazole rings is 1. The first kappa shape index (κ1) is 16.7. The standard InChI is InChI=1S/C17H12Cl4N2/c1-9-17(11-3-5-13(19)15(21)8-11)23-16(22-9)7-10-2-4-12(18)14(20)6-10/h2-6,8H,7H2,1H3,(H,22,23). The Morgan fingerprint density at radius 1 is 0.870 bits per heavy atom. The number of aromatic nitrogens is 2. The second-order valence-electron chi connectivity index (χ2n) is 5.21. The molecule has 23 heavy (non-hydrogen) atoms. The first-order valence-electron chi connectivity index (χ1n) is 6.89. The zero-order valence-corrected chi connectivity index (χ0v) is 15.2. The number of halogens is 4. The molecule has 2 nitrogen and oxygen atoms in total. The highest BCUT2D eigenvalue weighted by Crippen LogP contribution is 2.30. The Balaban J connectivity index is 1.91. The SMILES string of the molecule is Cc1[nH]c(Cc2ccc(Cl)c(Cl)c2)nc1-c1ccc(Cl)c(Cl)c1. The van der Waals surface area contributed by atoms with Crippen LogP contribution in [0.25, 0.3) is 11.3 Å². The highest BCUT2D eigenvalue weighted by molar-refractivity contribution is 6.42. The van der Waals surface area contributed by atoms with E-state index in [-0.39, 0.29) is 0 Å². The van der Waals surface area contributed by atoms with Crippen LogP contribution in [0.15, 0.2) is 36.4 Å². The van der Waals surface area contributed by atoms with Crippen molar-refractivity contribution in [2.45, 2.75) is 13.3 Å². The number of H-pyrrole nitrogens is 1. The number of aromatic amines is 1. The Bertz CT molecular complexity index is 871. The number of hydrogen-bond acceptors (Lipinski definition) is 1. The van der Waals surface area contributed by atoms with Gasteiger partial charge in [-0.15, -0.1) is 0 Å². The molecule has 1 aromatic heterocycles. The predicted molar refractivity (Wildman–Crippen MR) is 98.0 cm³/mol. The zero-order valence-electron chi connectivity index (χ0n) is 12.1. The number of hydrogen-bond donors (Lipinski definition) is 1. The van der Waals surface area contributed by atoms with E-state index in [1.54, 1.807) is 12.1 Å². The lowest BCUT2D eigenvalue weighted by molar-refractivity contribution is 1.02. The largest absolute Gasteiger partial charge is 0.345 e. The lowest BCUT2D eigenvalue weighted by Gasteiger charge is -2.01. The van der Waals surface area contributed by atoms with Crippen molar-refractivity contribution in [1.29, 1.82) is 0 Å². The van der Waals surface area contributed by atoms with Crippen molar-refractivity contribution in [2.75, 3.05) is 0 Å². The molecule has 0 aliphatic rings. The average molecular weight is 386 g/mol. The second kappa shape index (κ2) is 6.74. The van der Waals surface area contributed by atoms with Crippen LogP contribution in [0.2, 0.25) is 20.1 Å². The molecule has 0 atom stereocenters. The summed E-state index contributed by atoms with van der Waals surface area (Å²) in [6.07, 6.45) is 0.638. The molecule has 0 saturated carbocycles. The van der Waals surface area contributed by atoms with Crippen molar-refractivity contribution in [1.82, 2.24) is 9.97 Å². The van der Waals surface area contributed by atoms with Gasteiger partial charge >= 0.3 is 0 Å². The minimum Gasteiger partial charge on any atom is -0.345 e. The topological polar surface area (TPSA) is 28.7 Å². The summed E-state index contributed by atoms with van der Waals surface area (Å²) in [5, 5.41) is 2.12. The molecule has 1 N–H and O–H groups in total. The van der Waals surface area contributed by atoms with Gasteiger partial charge in [0.05, 0.1) is 25.8 Å². The highest BCUT2D eigenvalue weighted by atomic mass is 35.5. The summed E-state index contributed by atoms with van der Waals surface area (Å²) in [5.41, 5.74) is 3.79. The first-order valence-corrected chi connectivity index (χ1v) is 8.40. The van der Waals surface area contributed by atoms with E-state index >= 15 is 0 Å². The molecule has 0 radical (unpaired) electrons. The second-order valence-corrected chi connectivity index (χ2v) is 6.84. The van der Waals surface area contributed by atoms with Crippen molar-refractivity contribution < 1.29 is 0 Å². The lowest BCUT2D eigenvalue weighted by atomic mass is 10.1. The van der Waals surface area contributed by atoms with Gasteiger partial charge in [0, 0.05) is 17.7 Å². The fourth-order valence-electron chi connectivity index (χ4n) is 2.37. The van der Waals surface area contributed by atoms with Crippen molar-refractivity contribution in [3.05, 3.63) is 73.6 Å². The normalized spacial score (nSPS) is 11.0. The van der Waals surface area contributed by atoms with Gasteiger partial charge in [-0.2, -0.15) is 0 Å². The quantitative estimate of drug-likeness (QED) is 0.541. The van der Waals surface area contributed by atoms with Gasteiger partial charge in [-0.05, 0) is 36.8 Å². The van der Waals surface area contributed by atoms with Crippen molar-refractivity contribution in [3.8, 4) is 11.3 Å². The number of rotatable bonds is 3. The minimum atomic E-state index is 0.512. The van der Waals surface area contributed by atoms with Crippen molar-refractivity contribution >= 4 is 46.4 Å². The van der Waals surface area contributed by atoms with Crippen LogP contribution in [0, 0.1) is 6.92 Å². The summed E-state index contributed by atoms with van der Waals surface area (Å²) in [7, 11) is 0. The van der Waals surface area contributed by atoms with Gasteiger partial charge in [0.15, 0.2) is 0 Å². The molecule has 3 rings (SSSR count). The molecule has 0 saturated heterocycles. The molecule has 1 heterocycles. The molecule has 0 aliphatic carbocycles. The van der Waals surface area contributed by atoms with E-state index in [4.69, 9.17) is 46.4 Å². The van der Waals surface area contributed by atoms with Crippen LogP contribution in [0.3, 0.4) is 0 Å². The molecule has 0 amide bonds. The van der Waals surface area contributed by atoms with E-state index in [0.717, 1.165) is 28.3 Å². The smallest absolute Gasteiger partial charge is 0.111 e. The maximum absolute atomic E-state index is 6.09. The zero-order chi connectivity index (χ0) is 16.6. The van der Waals surface area contributed by atoms with E-state index in [1.165, 1.54) is 0 Å². The summed E-state index contributed by atoms with van der Waals surface area (Å²) in [6, 6.07) is 11.1. The third-order valence-corrected chi connectivity index (χ3v) is 4.96. The molecule has 118 valence electrons. The third-order valence-electron chi connectivity index (χ3n) is 3.48. The molecule has 3 aromatic rings. The molecule has 2 aromatic carbocycles. The van der Waals surface area contributed by atoms with E-state index in [2.05, 4.69) is 9.97 Å². The fourth-order valence-corrected chi connectivity index (χ4v) is 2.99. The Hall–Kier alpha value is -1.19. The summed E-state index contributed by atoms with van der Waals surface area (Å²) in [4.78, 5) is 7.96. The Labute approximate surface area is 154 Å². The van der Waals surface area contributed by atoms with Gasteiger partial charge in [-0.3, -0.25) is 0 Å². The van der Waals surface area contributed by atoms with Gasteiger partial charge < -0.3 is 4.98 Å². The highest BCUT2D eigenvalue weighted by Gasteiger charge is 2.11. The van der Waals surface area contributed by atoms with Gasteiger partial charge in [0.25, 0.3) is 0 Å². The number of nitrogens with zero attached hydrogens (tertiary/aromatic N) is 1. The van der Waals surface area contributed by atoms with Crippen LogP contribution in [0.4, 0.5) is 0 Å². The van der Waals surface area contributed by atoms with Crippen LogP contribution < -0.4 is 0 Å². The van der Waals surface area contributed by atoms with E-state index in [1.807, 2.05) is 31.2 Å². The fraction of sp³-hybridized carbons (Fsp3) is 0.118. The monoisotopic (exact) mass is 384 g/mol. The summed E-state index contributed by atoms with van der Waals surface area (Å²) >= 11 is 24.0. The van der Waals surface area contributed by atoms with Crippen molar-refractivity contribution in [3.63, 3.8) is 0 Å². The van der Waals surface area contributed by atoms with E-state index < -0.39 is 0 Å². The molecule has 0 fully saturated rings. The summed E-state index contributed by atoms with van der Waals surface area (Å²) < 4.78 is 0. The van der Waals surface area contributed by atoms with Crippen LogP contribution in [-0.2, 0) is 6.42 Å². The molecular weight excluding hydrogens is 374 g/mol. The molecule has 0 aliphatic heterocycles. The van der Waals surface area contributed by atoms with Crippen molar-refractivity contribution in [2.24, 2.45) is 0 Å². The lowest BCUT2D eigenvalue weighted by Crippen LogP contribution is -1.91. The van der Waals surface area contributed by atoms with Gasteiger partial charge in [-0.25, -0.2) is 4.98 Å². The summed E-state index contributed by atoms with van der Waals surface area (Å²) in [5.74, 6) is 0.849. The predicted octanol–water partition coefficient (Wildman–Crippen LogP) is 6.59. The molecule has 0 spiro atoms. The van der Waals surface area contributed by atoms with E-state index in [0.29, 0.717) is 26.5 Å². The van der Waals surface area contributed by atoms with Gasteiger partial charge in [0.2, 0.25) is 0 Å². The van der Waals surface area contributed by atoms with Crippen LogP contribution >= 0.6 is 46.4 Å². The first-order chi connectivity index (χ1) is 10.9. The molecule has 6 heteroatoms. The van der Waals surface area contributed by atoms with E-state index in [9.17, 15) is 0 Å². The van der Waals surface area contributed by atoms with Crippen LogP contribution in [0.5, 0.6) is 0 Å². The number of benzene rings is 2. The summed E-state index contributed by atoms with van der Waals surface area (Å²) in [6.45, 7) is 1.98. The minimum absolute atomic E-state index is 0.512. The Kier molecular flexibility index (Phi) is 4.88. The number of aryl methyl sites for hydroxylation is 1. The van der Waals surface area contributed by atoms with Crippen LogP contribution in [-0.4, -0.2) is 9.97 Å².